The standard InChI is InChI=1S/C26H28N2O3/c1-30-24-12-10-20(18-25(24)31-2)11-13-26(29)28-16-14-27(15-17-28)19-22-8-5-7-21-6-3-4-9-23(21)22/h3-13,18H,14-17,19H2,1-2H3/p+1/b13-11+. The van der Waals surface area contributed by atoms with Gasteiger partial charge in [0.15, 0.2) is 11.5 Å². The van der Waals surface area contributed by atoms with Gasteiger partial charge in [0.2, 0.25) is 5.91 Å². The van der Waals surface area contributed by atoms with E-state index < -0.39 is 0 Å². The molecule has 4 rings (SSSR count). The van der Waals surface area contributed by atoms with Crippen LogP contribution in [0, 0.1) is 0 Å². The Morgan fingerprint density at radius 3 is 2.48 bits per heavy atom. The number of fused-ring (bicyclic) bond motifs is 1. The van der Waals surface area contributed by atoms with E-state index in [9.17, 15) is 4.79 Å². The fourth-order valence-electron chi connectivity index (χ4n) is 4.17. The van der Waals surface area contributed by atoms with Crippen LogP contribution in [0.2, 0.25) is 0 Å². The fourth-order valence-corrected chi connectivity index (χ4v) is 4.17. The molecule has 5 heteroatoms. The maximum absolute atomic E-state index is 12.7. The summed E-state index contributed by atoms with van der Waals surface area (Å²) in [5, 5.41) is 2.61. The van der Waals surface area contributed by atoms with Gasteiger partial charge < -0.3 is 19.3 Å². The number of hydrogen-bond acceptors (Lipinski definition) is 3. The van der Waals surface area contributed by atoms with Gasteiger partial charge in [-0.2, -0.15) is 0 Å². The van der Waals surface area contributed by atoms with E-state index >= 15 is 0 Å². The average molecular weight is 418 g/mol. The summed E-state index contributed by atoms with van der Waals surface area (Å²) >= 11 is 0. The van der Waals surface area contributed by atoms with Crippen LogP contribution in [0.1, 0.15) is 11.1 Å². The van der Waals surface area contributed by atoms with Gasteiger partial charge in [-0.1, -0.05) is 48.5 Å². The molecule has 160 valence electrons. The second-order valence-electron chi connectivity index (χ2n) is 7.84. The number of carbonyl (C=O) groups is 1. The lowest BCUT2D eigenvalue weighted by Crippen LogP contribution is -3.13. The van der Waals surface area contributed by atoms with Crippen LogP contribution in [0.4, 0.5) is 0 Å². The first kappa shape index (κ1) is 20.9. The molecule has 1 fully saturated rings. The van der Waals surface area contributed by atoms with Crippen LogP contribution in [0.25, 0.3) is 16.8 Å². The molecule has 31 heavy (non-hydrogen) atoms. The highest BCUT2D eigenvalue weighted by molar-refractivity contribution is 5.92. The van der Waals surface area contributed by atoms with Gasteiger partial charge in [0.1, 0.15) is 6.54 Å². The quantitative estimate of drug-likeness (QED) is 0.628. The lowest BCUT2D eigenvalue weighted by molar-refractivity contribution is -0.917. The number of benzene rings is 3. The normalized spacial score (nSPS) is 14.8. The van der Waals surface area contributed by atoms with Crippen molar-refractivity contribution in [1.29, 1.82) is 0 Å². The second-order valence-corrected chi connectivity index (χ2v) is 7.84. The van der Waals surface area contributed by atoms with Crippen molar-refractivity contribution in [2.75, 3.05) is 40.4 Å². The zero-order valence-corrected chi connectivity index (χ0v) is 18.1. The van der Waals surface area contributed by atoms with Crippen LogP contribution >= 0.6 is 0 Å². The predicted octanol–water partition coefficient (Wildman–Crippen LogP) is 2.80. The van der Waals surface area contributed by atoms with Crippen molar-refractivity contribution in [1.82, 2.24) is 4.90 Å². The maximum atomic E-state index is 12.7. The highest BCUT2D eigenvalue weighted by Crippen LogP contribution is 2.28. The van der Waals surface area contributed by atoms with E-state index in [0.717, 1.165) is 38.3 Å². The van der Waals surface area contributed by atoms with Gasteiger partial charge in [0.25, 0.3) is 0 Å². The maximum Gasteiger partial charge on any atom is 0.246 e. The lowest BCUT2D eigenvalue weighted by Gasteiger charge is -2.32. The van der Waals surface area contributed by atoms with E-state index in [0.29, 0.717) is 11.5 Å². The van der Waals surface area contributed by atoms with Crippen LogP contribution in [0.5, 0.6) is 11.5 Å². The highest BCUT2D eigenvalue weighted by Gasteiger charge is 2.23. The molecule has 0 bridgehead atoms. The van der Waals surface area contributed by atoms with Gasteiger partial charge in [-0.25, -0.2) is 0 Å². The van der Waals surface area contributed by atoms with Crippen LogP contribution in [-0.4, -0.2) is 51.2 Å². The summed E-state index contributed by atoms with van der Waals surface area (Å²) in [5.74, 6) is 1.39. The summed E-state index contributed by atoms with van der Waals surface area (Å²) < 4.78 is 10.6. The van der Waals surface area contributed by atoms with E-state index in [4.69, 9.17) is 9.47 Å². The lowest BCUT2D eigenvalue weighted by atomic mass is 10.0. The molecular formula is C26H29N2O3+. The molecule has 1 heterocycles. The van der Waals surface area contributed by atoms with Crippen molar-refractivity contribution in [2.24, 2.45) is 0 Å². The van der Waals surface area contributed by atoms with Gasteiger partial charge in [0.05, 0.1) is 40.4 Å². The zero-order chi connectivity index (χ0) is 21.6. The third kappa shape index (κ3) is 4.89. The Labute approximate surface area is 183 Å². The Balaban J connectivity index is 1.34. The second kappa shape index (κ2) is 9.67. The van der Waals surface area contributed by atoms with Gasteiger partial charge in [-0.05, 0) is 34.5 Å². The van der Waals surface area contributed by atoms with Crippen molar-refractivity contribution < 1.29 is 19.2 Å². The van der Waals surface area contributed by atoms with Crippen LogP contribution in [0.15, 0.2) is 66.7 Å². The summed E-state index contributed by atoms with van der Waals surface area (Å²) in [4.78, 5) is 16.1. The first-order chi connectivity index (χ1) is 15.2. The first-order valence-electron chi connectivity index (χ1n) is 10.7. The van der Waals surface area contributed by atoms with Crippen LogP contribution in [0.3, 0.4) is 0 Å². The van der Waals surface area contributed by atoms with Crippen molar-refractivity contribution in [3.05, 3.63) is 77.9 Å². The monoisotopic (exact) mass is 417 g/mol. The molecule has 0 radical (unpaired) electrons. The van der Waals surface area contributed by atoms with Crippen LogP contribution in [-0.2, 0) is 11.3 Å². The number of nitrogens with one attached hydrogen (secondary N) is 1. The summed E-state index contributed by atoms with van der Waals surface area (Å²) in [5.41, 5.74) is 2.28. The van der Waals surface area contributed by atoms with Gasteiger partial charge in [0, 0.05) is 11.6 Å². The third-order valence-electron chi connectivity index (χ3n) is 5.93. The van der Waals surface area contributed by atoms with Crippen molar-refractivity contribution >= 4 is 22.8 Å². The van der Waals surface area contributed by atoms with Crippen molar-refractivity contribution in [3.63, 3.8) is 0 Å². The summed E-state index contributed by atoms with van der Waals surface area (Å²) in [6, 6.07) is 20.7. The molecule has 3 aromatic rings. The van der Waals surface area contributed by atoms with Gasteiger partial charge in [-0.3, -0.25) is 4.79 Å². The third-order valence-corrected chi connectivity index (χ3v) is 5.93. The number of amides is 1. The van der Waals surface area contributed by atoms with E-state index in [1.807, 2.05) is 29.2 Å². The Bertz CT molecular complexity index is 1080. The molecule has 0 aromatic heterocycles. The molecule has 5 nitrogen and oxygen atoms in total. The predicted molar refractivity (Wildman–Crippen MR) is 124 cm³/mol. The van der Waals surface area contributed by atoms with Crippen molar-refractivity contribution in [3.8, 4) is 11.5 Å². The molecule has 0 spiro atoms. The SMILES string of the molecule is COc1ccc(/C=C/C(=O)N2CC[NH+](Cc3cccc4ccccc34)CC2)cc1OC. The molecule has 1 amide bonds. The zero-order valence-electron chi connectivity index (χ0n) is 18.1. The first-order valence-corrected chi connectivity index (χ1v) is 10.7. The Kier molecular flexibility index (Phi) is 6.53. The molecule has 0 unspecified atom stereocenters. The summed E-state index contributed by atoms with van der Waals surface area (Å²) in [6.07, 6.45) is 3.48. The number of piperazine rings is 1. The molecule has 1 saturated heterocycles. The molecule has 0 saturated carbocycles. The van der Waals surface area contributed by atoms with E-state index in [2.05, 4.69) is 42.5 Å². The minimum absolute atomic E-state index is 0.0546. The number of nitrogens with zero attached hydrogens (tertiary/aromatic N) is 1. The van der Waals surface area contributed by atoms with Gasteiger partial charge in [-0.15, -0.1) is 0 Å². The summed E-state index contributed by atoms with van der Waals surface area (Å²) in [6.45, 7) is 4.45. The minimum atomic E-state index is 0.0546. The average Bonchev–Trinajstić information content (AvgIpc) is 2.83. The molecule has 0 atom stereocenters. The smallest absolute Gasteiger partial charge is 0.246 e. The molecule has 0 aliphatic carbocycles. The molecule has 3 aromatic carbocycles. The Morgan fingerprint density at radius 2 is 1.71 bits per heavy atom. The highest BCUT2D eigenvalue weighted by atomic mass is 16.5. The number of methoxy groups -OCH3 is 2. The fraction of sp³-hybridized carbons (Fsp3) is 0.269. The molecule has 1 aliphatic rings. The van der Waals surface area contributed by atoms with E-state index in [-0.39, 0.29) is 5.91 Å². The van der Waals surface area contributed by atoms with Gasteiger partial charge >= 0.3 is 0 Å². The molecular weight excluding hydrogens is 388 g/mol. The number of ether oxygens (including phenoxy) is 2. The number of quaternary nitrogens is 1. The molecule has 1 aliphatic heterocycles. The largest absolute Gasteiger partial charge is 0.493 e. The topological polar surface area (TPSA) is 43.2 Å². The minimum Gasteiger partial charge on any atom is -0.493 e. The van der Waals surface area contributed by atoms with E-state index in [1.54, 1.807) is 20.3 Å². The Morgan fingerprint density at radius 1 is 0.968 bits per heavy atom. The van der Waals surface area contributed by atoms with E-state index in [1.165, 1.54) is 21.2 Å². The molecule has 1 N–H and O–H groups in total. The number of carbonyl (C=O) groups excluding carboxylic acids is 1. The summed E-state index contributed by atoms with van der Waals surface area (Å²) in [7, 11) is 3.22. The Hall–Kier alpha value is -3.31. The van der Waals surface area contributed by atoms with Crippen molar-refractivity contribution in [2.45, 2.75) is 6.54 Å². The van der Waals surface area contributed by atoms with Crippen LogP contribution < -0.4 is 14.4 Å². The number of rotatable bonds is 6. The number of hydrogen-bond donors (Lipinski definition) is 1.